The number of aromatic nitrogens is 1. The molecule has 3 amide bonds. The molecule has 4 atom stereocenters. The van der Waals surface area contributed by atoms with Crippen LogP contribution in [0.25, 0.3) is 0 Å². The van der Waals surface area contributed by atoms with E-state index in [2.05, 4.69) is 15.6 Å². The number of amides is 3. The van der Waals surface area contributed by atoms with Gasteiger partial charge >= 0.3 is 12.2 Å². The number of urea groups is 1. The van der Waals surface area contributed by atoms with E-state index in [9.17, 15) is 27.9 Å². The lowest BCUT2D eigenvalue weighted by molar-refractivity contribution is -0.149. The van der Waals surface area contributed by atoms with E-state index >= 15 is 0 Å². The Morgan fingerprint density at radius 3 is 2.53 bits per heavy atom. The Hall–Kier alpha value is -3.22. The van der Waals surface area contributed by atoms with Crippen molar-refractivity contribution in [3.63, 3.8) is 0 Å². The molecule has 3 N–H and O–H groups in total. The maximum Gasteiger partial charge on any atom is 0.416 e. The second kappa shape index (κ2) is 12.5. The number of nitrogens with zero attached hydrogens (tertiary/aromatic N) is 2. The smallest absolute Gasteiger partial charge is 0.389 e. The summed E-state index contributed by atoms with van der Waals surface area (Å²) in [6.45, 7) is 0.584. The van der Waals surface area contributed by atoms with Crippen molar-refractivity contribution in [3.8, 4) is 0 Å². The van der Waals surface area contributed by atoms with Gasteiger partial charge in [-0.15, -0.1) is 0 Å². The van der Waals surface area contributed by atoms with Gasteiger partial charge in [-0.25, -0.2) is 4.79 Å². The quantitative estimate of drug-likeness (QED) is 0.523. The summed E-state index contributed by atoms with van der Waals surface area (Å²) >= 11 is 0. The number of carbonyl (C=O) groups is 2. The highest BCUT2D eigenvalue weighted by Crippen LogP contribution is 2.31. The molecule has 206 valence electrons. The number of benzene rings is 1. The van der Waals surface area contributed by atoms with Gasteiger partial charge in [0.05, 0.1) is 50.0 Å². The van der Waals surface area contributed by atoms with Crippen LogP contribution in [0.1, 0.15) is 30.4 Å². The van der Waals surface area contributed by atoms with Crippen molar-refractivity contribution in [1.29, 1.82) is 0 Å². The first-order valence-corrected chi connectivity index (χ1v) is 12.5. The van der Waals surface area contributed by atoms with Crippen LogP contribution in [0, 0.1) is 0 Å². The minimum absolute atomic E-state index is 0.00318. The van der Waals surface area contributed by atoms with E-state index in [4.69, 9.17) is 9.47 Å². The number of β-amino-alcohol motifs (C(OH)–C–C–N with tert-alkyl or cyclic N) is 1. The number of carbonyl (C=O) groups excluding carboxylic acids is 2. The van der Waals surface area contributed by atoms with E-state index in [0.717, 1.165) is 17.7 Å². The number of aliphatic hydroxyl groups excluding tert-OH is 1. The van der Waals surface area contributed by atoms with Crippen molar-refractivity contribution in [2.45, 2.75) is 56.2 Å². The van der Waals surface area contributed by atoms with Crippen molar-refractivity contribution in [2.75, 3.05) is 31.6 Å². The van der Waals surface area contributed by atoms with E-state index in [1.807, 2.05) is 12.1 Å². The standard InChI is InChI=1S/C26H31F3N4O5/c27-26(28,29)18-1-3-19(4-2-18)32-25(36)33-14-20(34)15-37-16-23-22(33)6-5-21(38-23)13-24(35)31-12-9-17-7-10-30-11-8-17/h1-4,7-8,10-11,20-23,34H,5-6,9,12-16H2,(H,31,35)(H,32,36)/t20-,21+,22+,23-/m1/s1. The average Bonchev–Trinajstić information content (AvgIpc) is 2.87. The van der Waals surface area contributed by atoms with E-state index in [0.29, 0.717) is 25.8 Å². The topological polar surface area (TPSA) is 113 Å². The zero-order valence-corrected chi connectivity index (χ0v) is 20.7. The number of hydrogen-bond acceptors (Lipinski definition) is 6. The summed E-state index contributed by atoms with van der Waals surface area (Å²) in [6, 6.07) is 6.94. The van der Waals surface area contributed by atoms with Gasteiger partial charge in [-0.05, 0) is 61.2 Å². The molecule has 0 bridgehead atoms. The van der Waals surface area contributed by atoms with Crippen molar-refractivity contribution in [1.82, 2.24) is 15.2 Å². The summed E-state index contributed by atoms with van der Waals surface area (Å²) in [4.78, 5) is 31.0. The molecule has 12 heteroatoms. The summed E-state index contributed by atoms with van der Waals surface area (Å²) in [5, 5.41) is 15.8. The molecular formula is C26H31F3N4O5. The highest BCUT2D eigenvalue weighted by Gasteiger charge is 2.40. The third-order valence-corrected chi connectivity index (χ3v) is 6.60. The number of halogens is 3. The summed E-state index contributed by atoms with van der Waals surface area (Å²) in [7, 11) is 0. The van der Waals surface area contributed by atoms with Gasteiger partial charge < -0.3 is 30.1 Å². The van der Waals surface area contributed by atoms with Crippen LogP contribution in [0.2, 0.25) is 0 Å². The van der Waals surface area contributed by atoms with Gasteiger partial charge in [-0.1, -0.05) is 0 Å². The number of aliphatic hydroxyl groups is 1. The molecule has 0 unspecified atom stereocenters. The zero-order valence-electron chi connectivity index (χ0n) is 20.7. The number of alkyl halides is 3. The third kappa shape index (κ3) is 7.65. The second-order valence-electron chi connectivity index (χ2n) is 9.45. The van der Waals surface area contributed by atoms with E-state index in [1.54, 1.807) is 12.4 Å². The van der Waals surface area contributed by atoms with Crippen LogP contribution in [0.4, 0.5) is 23.7 Å². The number of pyridine rings is 1. The minimum Gasteiger partial charge on any atom is -0.389 e. The number of rotatable bonds is 6. The number of ether oxygens (including phenoxy) is 2. The lowest BCUT2D eigenvalue weighted by Gasteiger charge is -2.44. The molecule has 2 aliphatic heterocycles. The molecule has 2 fully saturated rings. The van der Waals surface area contributed by atoms with E-state index in [1.165, 1.54) is 17.0 Å². The van der Waals surface area contributed by atoms with Gasteiger partial charge in [0.15, 0.2) is 0 Å². The Kier molecular flexibility index (Phi) is 9.18. The molecule has 4 rings (SSSR count). The molecule has 0 aliphatic carbocycles. The molecule has 3 heterocycles. The van der Waals surface area contributed by atoms with Crippen molar-refractivity contribution < 1.29 is 37.3 Å². The lowest BCUT2D eigenvalue weighted by Crippen LogP contribution is -2.58. The monoisotopic (exact) mass is 536 g/mol. The molecule has 38 heavy (non-hydrogen) atoms. The van der Waals surface area contributed by atoms with Gasteiger partial charge in [0.2, 0.25) is 5.91 Å². The Labute approximate surface area is 218 Å². The van der Waals surface area contributed by atoms with Crippen LogP contribution in [0.3, 0.4) is 0 Å². The normalized spacial score (nSPS) is 24.1. The van der Waals surface area contributed by atoms with Gasteiger partial charge in [0.1, 0.15) is 6.10 Å². The fourth-order valence-electron chi connectivity index (χ4n) is 4.69. The number of anilines is 1. The minimum atomic E-state index is -4.48. The SMILES string of the molecule is O=C(C[C@@H]1CC[C@H]2[C@@H](COC[C@H](O)CN2C(=O)Nc2ccc(C(F)(F)F)cc2)O1)NCCc1ccncc1. The molecule has 2 saturated heterocycles. The molecule has 0 spiro atoms. The largest absolute Gasteiger partial charge is 0.416 e. The fraction of sp³-hybridized carbons (Fsp3) is 0.500. The molecule has 1 aromatic heterocycles. The molecule has 2 aliphatic rings. The number of nitrogens with one attached hydrogen (secondary N) is 2. The van der Waals surface area contributed by atoms with E-state index in [-0.39, 0.29) is 43.9 Å². The number of hydrogen-bond donors (Lipinski definition) is 3. The highest BCUT2D eigenvalue weighted by atomic mass is 19.4. The Bertz CT molecular complexity index is 1070. The predicted molar refractivity (Wildman–Crippen MR) is 131 cm³/mol. The van der Waals surface area contributed by atoms with Gasteiger partial charge in [0.25, 0.3) is 0 Å². The van der Waals surface area contributed by atoms with Crippen LogP contribution in [-0.4, -0.2) is 77.6 Å². The number of fused-ring (bicyclic) bond motifs is 1. The van der Waals surface area contributed by atoms with Crippen LogP contribution in [-0.2, 0) is 26.9 Å². The maximum absolute atomic E-state index is 13.1. The highest BCUT2D eigenvalue weighted by molar-refractivity contribution is 5.89. The van der Waals surface area contributed by atoms with E-state index < -0.39 is 36.0 Å². The Morgan fingerprint density at radius 1 is 1.08 bits per heavy atom. The summed E-state index contributed by atoms with van der Waals surface area (Å²) in [6.07, 6.45) is -1.01. The predicted octanol–water partition coefficient (Wildman–Crippen LogP) is 2.99. The fourth-order valence-corrected chi connectivity index (χ4v) is 4.69. The molecule has 0 radical (unpaired) electrons. The second-order valence-corrected chi connectivity index (χ2v) is 9.45. The lowest BCUT2D eigenvalue weighted by atomic mass is 9.95. The van der Waals surface area contributed by atoms with Gasteiger partial charge in [-0.2, -0.15) is 13.2 Å². The van der Waals surface area contributed by atoms with Crippen molar-refractivity contribution in [2.24, 2.45) is 0 Å². The van der Waals surface area contributed by atoms with Crippen LogP contribution in [0.5, 0.6) is 0 Å². The van der Waals surface area contributed by atoms with Crippen LogP contribution >= 0.6 is 0 Å². The Morgan fingerprint density at radius 2 is 1.82 bits per heavy atom. The zero-order chi connectivity index (χ0) is 27.1. The maximum atomic E-state index is 13.1. The first-order valence-electron chi connectivity index (χ1n) is 12.5. The third-order valence-electron chi connectivity index (χ3n) is 6.60. The molecule has 0 saturated carbocycles. The Balaban J connectivity index is 1.33. The summed E-state index contributed by atoms with van der Waals surface area (Å²) in [5.41, 5.74) is 0.452. The molecule has 9 nitrogen and oxygen atoms in total. The van der Waals surface area contributed by atoms with Crippen LogP contribution < -0.4 is 10.6 Å². The van der Waals surface area contributed by atoms with Crippen molar-refractivity contribution in [3.05, 3.63) is 59.9 Å². The summed E-state index contributed by atoms with van der Waals surface area (Å²) < 4.78 is 50.3. The van der Waals surface area contributed by atoms with Crippen molar-refractivity contribution >= 4 is 17.6 Å². The van der Waals surface area contributed by atoms with Crippen LogP contribution in [0.15, 0.2) is 48.8 Å². The average molecular weight is 537 g/mol. The van der Waals surface area contributed by atoms with Gasteiger partial charge in [0, 0.05) is 24.6 Å². The van der Waals surface area contributed by atoms with Gasteiger partial charge in [-0.3, -0.25) is 9.78 Å². The summed E-state index contributed by atoms with van der Waals surface area (Å²) in [5.74, 6) is -0.137. The first-order chi connectivity index (χ1) is 18.2. The first kappa shape index (κ1) is 27.8. The molecular weight excluding hydrogens is 505 g/mol. The molecule has 2 aromatic rings. The molecule has 1 aromatic carbocycles.